The smallest absolute Gasteiger partial charge is 0.262 e. The van der Waals surface area contributed by atoms with Gasteiger partial charge in [0.05, 0.1) is 18.8 Å². The van der Waals surface area contributed by atoms with Crippen molar-refractivity contribution in [1.82, 2.24) is 29.9 Å². The van der Waals surface area contributed by atoms with E-state index in [4.69, 9.17) is 4.42 Å². The molecule has 1 fully saturated rings. The summed E-state index contributed by atoms with van der Waals surface area (Å²) in [6, 6.07) is 2.83. The van der Waals surface area contributed by atoms with Crippen LogP contribution in [0.4, 0.5) is 8.78 Å². The predicted molar refractivity (Wildman–Crippen MR) is 83.5 cm³/mol. The molecular weight excluding hydrogens is 330 g/mol. The normalized spacial score (nSPS) is 20.2. The van der Waals surface area contributed by atoms with Crippen LogP contribution in [-0.4, -0.2) is 42.3 Å². The summed E-state index contributed by atoms with van der Waals surface area (Å²) < 4.78 is 35.3. The molecule has 1 atom stereocenters. The molecule has 3 aromatic heterocycles. The van der Waals surface area contributed by atoms with Crippen LogP contribution in [0.3, 0.4) is 0 Å². The number of rotatable bonds is 4. The lowest BCUT2D eigenvalue weighted by Crippen LogP contribution is -2.26. The van der Waals surface area contributed by atoms with Crippen molar-refractivity contribution >= 4 is 0 Å². The van der Waals surface area contributed by atoms with Crippen LogP contribution in [0.1, 0.15) is 23.9 Å². The Bertz CT molecular complexity index is 862. The van der Waals surface area contributed by atoms with Gasteiger partial charge in [-0.25, -0.2) is 8.78 Å². The number of hydrogen-bond acceptors (Lipinski definition) is 6. The summed E-state index contributed by atoms with van der Waals surface area (Å²) >= 11 is 0. The molecule has 25 heavy (non-hydrogen) atoms. The van der Waals surface area contributed by atoms with Crippen molar-refractivity contribution in [2.24, 2.45) is 7.05 Å². The van der Waals surface area contributed by atoms with E-state index in [0.717, 1.165) is 5.56 Å². The van der Waals surface area contributed by atoms with E-state index in [1.165, 1.54) is 0 Å². The summed E-state index contributed by atoms with van der Waals surface area (Å²) in [4.78, 5) is 5.58. The lowest BCUT2D eigenvalue weighted by molar-refractivity contribution is 0.0112. The number of aryl methyl sites for hydroxylation is 1. The third-order valence-electron chi connectivity index (χ3n) is 4.16. The van der Waals surface area contributed by atoms with Gasteiger partial charge in [-0.2, -0.15) is 5.10 Å². The first kappa shape index (κ1) is 15.8. The topological polar surface area (TPSA) is 72.9 Å². The van der Waals surface area contributed by atoms with Gasteiger partial charge in [0.15, 0.2) is 0 Å². The first-order valence-corrected chi connectivity index (χ1v) is 7.83. The van der Waals surface area contributed by atoms with Crippen molar-refractivity contribution in [1.29, 1.82) is 0 Å². The highest BCUT2D eigenvalue weighted by Gasteiger charge is 2.47. The Morgan fingerprint density at radius 1 is 1.28 bits per heavy atom. The van der Waals surface area contributed by atoms with Crippen LogP contribution in [0.15, 0.2) is 41.3 Å². The Hall–Kier alpha value is -2.68. The lowest BCUT2D eigenvalue weighted by atomic mass is 10.2. The molecule has 0 radical (unpaired) electrons. The fraction of sp³-hybridized carbons (Fsp3) is 0.375. The van der Waals surface area contributed by atoms with Gasteiger partial charge in [-0.05, 0) is 12.1 Å². The van der Waals surface area contributed by atoms with Gasteiger partial charge in [-0.15, -0.1) is 10.2 Å². The first-order chi connectivity index (χ1) is 12.0. The highest BCUT2D eigenvalue weighted by Crippen LogP contribution is 2.41. The number of pyridine rings is 1. The Balaban J connectivity index is 1.59. The molecule has 0 bridgehead atoms. The number of hydrogen-bond donors (Lipinski definition) is 0. The van der Waals surface area contributed by atoms with Gasteiger partial charge in [0, 0.05) is 49.7 Å². The van der Waals surface area contributed by atoms with Crippen molar-refractivity contribution in [2.45, 2.75) is 24.9 Å². The van der Waals surface area contributed by atoms with Crippen LogP contribution < -0.4 is 0 Å². The molecule has 4 heterocycles. The number of halogens is 2. The van der Waals surface area contributed by atoms with Gasteiger partial charge in [0.1, 0.15) is 0 Å². The Labute approximate surface area is 142 Å². The van der Waals surface area contributed by atoms with Crippen LogP contribution in [0.5, 0.6) is 0 Å². The second-order valence-corrected chi connectivity index (χ2v) is 6.18. The summed E-state index contributed by atoms with van der Waals surface area (Å²) in [6.45, 7) is 0.000594. The minimum atomic E-state index is -2.79. The van der Waals surface area contributed by atoms with Crippen LogP contribution >= 0.6 is 0 Å². The van der Waals surface area contributed by atoms with E-state index in [1.807, 2.05) is 6.20 Å². The molecule has 7 nitrogen and oxygen atoms in total. The summed E-state index contributed by atoms with van der Waals surface area (Å²) in [6.07, 6.45) is 6.36. The lowest BCUT2D eigenvalue weighted by Gasteiger charge is -2.19. The maximum atomic E-state index is 14.0. The van der Waals surface area contributed by atoms with Gasteiger partial charge in [0.2, 0.25) is 11.8 Å². The van der Waals surface area contributed by atoms with E-state index >= 15 is 0 Å². The summed E-state index contributed by atoms with van der Waals surface area (Å²) in [5.41, 5.74) is 1.57. The van der Waals surface area contributed by atoms with E-state index < -0.39 is 12.0 Å². The third kappa shape index (κ3) is 3.27. The summed E-state index contributed by atoms with van der Waals surface area (Å²) in [7, 11) is 1.79. The van der Waals surface area contributed by atoms with Crippen LogP contribution in [0.25, 0.3) is 11.5 Å². The standard InChI is InChI=1S/C16H16F2N6O/c1-23-8-11(7-20-23)9-24-10-16(17,18)6-13(24)15-22-21-14(25-15)12-2-4-19-5-3-12/h2-5,7-8,13H,6,9-10H2,1H3/t13-/m0/s1. The molecule has 0 unspecified atom stereocenters. The molecular formula is C16H16F2N6O. The van der Waals surface area contributed by atoms with Crippen molar-refractivity contribution in [3.8, 4) is 11.5 Å². The van der Waals surface area contributed by atoms with Crippen LogP contribution in [0.2, 0.25) is 0 Å². The minimum Gasteiger partial charge on any atom is -0.419 e. The maximum absolute atomic E-state index is 14.0. The van der Waals surface area contributed by atoms with E-state index in [-0.39, 0.29) is 18.9 Å². The van der Waals surface area contributed by atoms with E-state index in [0.29, 0.717) is 18.0 Å². The molecule has 9 heteroatoms. The Kier molecular flexibility index (Phi) is 3.79. The Morgan fingerprint density at radius 2 is 2.08 bits per heavy atom. The zero-order valence-corrected chi connectivity index (χ0v) is 13.5. The number of nitrogens with zero attached hydrogens (tertiary/aromatic N) is 6. The average Bonchev–Trinajstić information content (AvgIpc) is 3.28. The fourth-order valence-corrected chi connectivity index (χ4v) is 3.06. The molecule has 1 aliphatic rings. The van der Waals surface area contributed by atoms with Crippen LogP contribution in [-0.2, 0) is 13.6 Å². The molecule has 0 saturated carbocycles. The zero-order chi connectivity index (χ0) is 17.4. The zero-order valence-electron chi connectivity index (χ0n) is 13.5. The van der Waals surface area contributed by atoms with E-state index in [1.54, 1.807) is 47.4 Å². The van der Waals surface area contributed by atoms with Crippen molar-refractivity contribution in [3.05, 3.63) is 48.4 Å². The average molecular weight is 346 g/mol. The second-order valence-electron chi connectivity index (χ2n) is 6.18. The predicted octanol–water partition coefficient (Wildman–Crippen LogP) is 2.45. The van der Waals surface area contributed by atoms with Crippen molar-refractivity contribution in [2.75, 3.05) is 6.54 Å². The molecule has 3 aromatic rings. The second kappa shape index (κ2) is 5.99. The molecule has 4 rings (SSSR count). The van der Waals surface area contributed by atoms with Crippen molar-refractivity contribution < 1.29 is 13.2 Å². The first-order valence-electron chi connectivity index (χ1n) is 7.83. The largest absolute Gasteiger partial charge is 0.419 e. The summed E-state index contributed by atoms with van der Waals surface area (Å²) in [5, 5.41) is 12.1. The maximum Gasteiger partial charge on any atom is 0.262 e. The molecule has 0 amide bonds. The van der Waals surface area contributed by atoms with Crippen LogP contribution in [0, 0.1) is 0 Å². The molecule has 1 saturated heterocycles. The monoisotopic (exact) mass is 346 g/mol. The highest BCUT2D eigenvalue weighted by atomic mass is 19.3. The number of aromatic nitrogens is 5. The summed E-state index contributed by atoms with van der Waals surface area (Å²) in [5.74, 6) is -2.29. The van der Waals surface area contributed by atoms with Gasteiger partial charge in [-0.1, -0.05) is 0 Å². The van der Waals surface area contributed by atoms with Crippen molar-refractivity contribution in [3.63, 3.8) is 0 Å². The van der Waals surface area contributed by atoms with Gasteiger partial charge < -0.3 is 4.42 Å². The minimum absolute atomic E-state index is 0.202. The quantitative estimate of drug-likeness (QED) is 0.722. The fourth-order valence-electron chi connectivity index (χ4n) is 3.06. The highest BCUT2D eigenvalue weighted by molar-refractivity contribution is 5.50. The number of likely N-dealkylation sites (tertiary alicyclic amines) is 1. The molecule has 1 aliphatic heterocycles. The van der Waals surface area contributed by atoms with Gasteiger partial charge in [-0.3, -0.25) is 14.6 Å². The SMILES string of the molecule is Cn1cc(CN2CC(F)(F)C[C@H]2c2nnc(-c3ccncc3)o2)cn1. The molecule has 0 aromatic carbocycles. The molecule has 0 spiro atoms. The number of alkyl halides is 2. The molecule has 0 N–H and O–H groups in total. The van der Waals surface area contributed by atoms with E-state index in [9.17, 15) is 8.78 Å². The Morgan fingerprint density at radius 3 is 2.80 bits per heavy atom. The molecule has 0 aliphatic carbocycles. The van der Waals surface area contributed by atoms with Gasteiger partial charge in [0.25, 0.3) is 5.92 Å². The van der Waals surface area contributed by atoms with E-state index in [2.05, 4.69) is 20.3 Å². The third-order valence-corrected chi connectivity index (χ3v) is 4.16. The van der Waals surface area contributed by atoms with Gasteiger partial charge >= 0.3 is 0 Å². The molecule has 130 valence electrons.